The van der Waals surface area contributed by atoms with Crippen molar-refractivity contribution in [3.8, 4) is 0 Å². The lowest BCUT2D eigenvalue weighted by Crippen LogP contribution is -2.68. The van der Waals surface area contributed by atoms with Crippen LogP contribution in [0.15, 0.2) is 4.99 Å². The van der Waals surface area contributed by atoms with Crippen LogP contribution in [0.1, 0.15) is 33.6 Å². The minimum atomic E-state index is -2.88. The van der Waals surface area contributed by atoms with E-state index in [-0.39, 0.29) is 23.0 Å². The molecule has 126 valence electrons. The molecule has 0 aromatic carbocycles. The molecule has 0 bridgehead atoms. The molecule has 1 aliphatic carbocycles. The molecule has 0 aromatic heterocycles. The molecular formula is C15H27N3O3S. The maximum absolute atomic E-state index is 11.6. The third-order valence-electron chi connectivity index (χ3n) is 5.28. The largest absolute Gasteiger partial charge is 0.377 e. The highest BCUT2D eigenvalue weighted by Gasteiger charge is 2.59. The Labute approximate surface area is 133 Å². The predicted octanol–water partition coefficient (Wildman–Crippen LogP) is 0.542. The van der Waals surface area contributed by atoms with Crippen molar-refractivity contribution in [1.82, 2.24) is 10.6 Å². The number of guanidine groups is 1. The second kappa shape index (κ2) is 5.67. The fourth-order valence-corrected chi connectivity index (χ4v) is 5.83. The standard InChI is InChI=1S/C15H27N3O3S/c1-4-16-14(17-10-6-8-22(19,20)9-10)18-12-11-5-7-21-13(11)15(12,2)3/h10-13H,4-9H2,1-3H3,(H2,16,17,18). The van der Waals surface area contributed by atoms with Crippen molar-refractivity contribution in [3.63, 3.8) is 0 Å². The molecule has 3 aliphatic rings. The van der Waals surface area contributed by atoms with Gasteiger partial charge in [0.1, 0.15) is 0 Å². The minimum Gasteiger partial charge on any atom is -0.377 e. The highest BCUT2D eigenvalue weighted by molar-refractivity contribution is 7.91. The van der Waals surface area contributed by atoms with Gasteiger partial charge < -0.3 is 15.4 Å². The lowest BCUT2D eigenvalue weighted by atomic mass is 9.57. The maximum Gasteiger partial charge on any atom is 0.191 e. The summed E-state index contributed by atoms with van der Waals surface area (Å²) < 4.78 is 29.0. The molecule has 4 atom stereocenters. The van der Waals surface area contributed by atoms with Gasteiger partial charge in [0.15, 0.2) is 15.8 Å². The smallest absolute Gasteiger partial charge is 0.191 e. The number of fused-ring (bicyclic) bond motifs is 1. The third-order valence-corrected chi connectivity index (χ3v) is 7.05. The van der Waals surface area contributed by atoms with Crippen LogP contribution in [0.4, 0.5) is 0 Å². The summed E-state index contributed by atoms with van der Waals surface area (Å²) in [6.07, 6.45) is 2.08. The number of ether oxygens (including phenoxy) is 1. The van der Waals surface area contributed by atoms with Gasteiger partial charge >= 0.3 is 0 Å². The quantitative estimate of drug-likeness (QED) is 0.584. The normalized spacial score (nSPS) is 39.1. The molecule has 0 amide bonds. The van der Waals surface area contributed by atoms with Gasteiger partial charge in [-0.2, -0.15) is 0 Å². The van der Waals surface area contributed by atoms with E-state index in [0.717, 1.165) is 19.0 Å². The molecule has 0 spiro atoms. The first kappa shape index (κ1) is 16.1. The molecule has 2 aliphatic heterocycles. The van der Waals surface area contributed by atoms with Gasteiger partial charge in [-0.3, -0.25) is 4.99 Å². The van der Waals surface area contributed by atoms with Crippen molar-refractivity contribution in [2.24, 2.45) is 16.3 Å². The van der Waals surface area contributed by atoms with Crippen LogP contribution in [-0.2, 0) is 14.6 Å². The minimum absolute atomic E-state index is 0.0263. The van der Waals surface area contributed by atoms with Gasteiger partial charge in [-0.25, -0.2) is 8.42 Å². The van der Waals surface area contributed by atoms with Crippen LogP contribution in [0.25, 0.3) is 0 Å². The van der Waals surface area contributed by atoms with E-state index in [9.17, 15) is 8.42 Å². The van der Waals surface area contributed by atoms with Crippen molar-refractivity contribution in [1.29, 1.82) is 0 Å². The average Bonchev–Trinajstić information content (AvgIpc) is 3.01. The highest BCUT2D eigenvalue weighted by atomic mass is 32.2. The molecule has 2 saturated heterocycles. The van der Waals surface area contributed by atoms with Gasteiger partial charge in [0.05, 0.1) is 17.6 Å². The Kier molecular flexibility index (Phi) is 4.14. The van der Waals surface area contributed by atoms with Crippen LogP contribution in [0.3, 0.4) is 0 Å². The first-order chi connectivity index (χ1) is 10.3. The Morgan fingerprint density at radius 3 is 2.73 bits per heavy atom. The fraction of sp³-hybridized carbons (Fsp3) is 0.933. The van der Waals surface area contributed by atoms with Crippen molar-refractivity contribution in [2.75, 3.05) is 24.7 Å². The molecule has 1 saturated carbocycles. The number of hydrogen-bond donors (Lipinski definition) is 2. The Morgan fingerprint density at radius 1 is 1.32 bits per heavy atom. The van der Waals surface area contributed by atoms with Gasteiger partial charge in [-0.15, -0.1) is 0 Å². The van der Waals surface area contributed by atoms with E-state index in [2.05, 4.69) is 29.5 Å². The van der Waals surface area contributed by atoms with Gasteiger partial charge in [-0.05, 0) is 19.8 Å². The SMILES string of the molecule is CCN=C(NC1CCS(=O)(=O)C1)NC1C2CCOC2C1(C)C. The summed E-state index contributed by atoms with van der Waals surface area (Å²) in [4.78, 5) is 4.50. The van der Waals surface area contributed by atoms with Gasteiger partial charge in [0.25, 0.3) is 0 Å². The Morgan fingerprint density at radius 2 is 2.09 bits per heavy atom. The number of aliphatic imine (C=N–C) groups is 1. The van der Waals surface area contributed by atoms with E-state index in [1.807, 2.05) is 6.92 Å². The second-order valence-electron chi connectivity index (χ2n) is 7.25. The Balaban J connectivity index is 1.64. The number of rotatable bonds is 3. The summed E-state index contributed by atoms with van der Waals surface area (Å²) in [6.45, 7) is 7.95. The van der Waals surface area contributed by atoms with Crippen LogP contribution in [0.5, 0.6) is 0 Å². The topological polar surface area (TPSA) is 79.8 Å². The number of sulfone groups is 1. The Hall–Kier alpha value is -0.820. The Bertz CT molecular complexity index is 558. The van der Waals surface area contributed by atoms with Crippen LogP contribution >= 0.6 is 0 Å². The van der Waals surface area contributed by atoms with E-state index < -0.39 is 9.84 Å². The van der Waals surface area contributed by atoms with E-state index in [1.54, 1.807) is 0 Å². The monoisotopic (exact) mass is 329 g/mol. The third kappa shape index (κ3) is 2.85. The average molecular weight is 329 g/mol. The highest BCUT2D eigenvalue weighted by Crippen LogP contribution is 2.52. The first-order valence-electron chi connectivity index (χ1n) is 8.23. The fourth-order valence-electron chi connectivity index (χ4n) is 4.16. The van der Waals surface area contributed by atoms with E-state index >= 15 is 0 Å². The number of hydrogen-bond acceptors (Lipinski definition) is 4. The molecule has 22 heavy (non-hydrogen) atoms. The van der Waals surface area contributed by atoms with Gasteiger partial charge in [0.2, 0.25) is 0 Å². The second-order valence-corrected chi connectivity index (χ2v) is 9.48. The molecule has 6 nitrogen and oxygen atoms in total. The molecule has 3 fully saturated rings. The predicted molar refractivity (Wildman–Crippen MR) is 86.7 cm³/mol. The van der Waals surface area contributed by atoms with E-state index in [1.165, 1.54) is 0 Å². The first-order valence-corrected chi connectivity index (χ1v) is 10.0. The van der Waals surface area contributed by atoms with Crippen LogP contribution < -0.4 is 10.6 Å². The van der Waals surface area contributed by atoms with Crippen molar-refractivity contribution >= 4 is 15.8 Å². The van der Waals surface area contributed by atoms with E-state index in [0.29, 0.717) is 31.0 Å². The lowest BCUT2D eigenvalue weighted by Gasteiger charge is -2.55. The zero-order valence-corrected chi connectivity index (χ0v) is 14.4. The molecule has 4 unspecified atom stereocenters. The number of nitrogens with one attached hydrogen (secondary N) is 2. The summed E-state index contributed by atoms with van der Waals surface area (Å²) >= 11 is 0. The van der Waals surface area contributed by atoms with Crippen molar-refractivity contribution < 1.29 is 13.2 Å². The van der Waals surface area contributed by atoms with Crippen LogP contribution in [0.2, 0.25) is 0 Å². The van der Waals surface area contributed by atoms with Gasteiger partial charge in [-0.1, -0.05) is 13.8 Å². The molecule has 2 heterocycles. The number of nitrogens with zero attached hydrogens (tertiary/aromatic N) is 1. The van der Waals surface area contributed by atoms with Crippen molar-refractivity contribution in [3.05, 3.63) is 0 Å². The molecule has 0 radical (unpaired) electrons. The summed E-state index contributed by atoms with van der Waals surface area (Å²) in [6, 6.07) is 0.303. The lowest BCUT2D eigenvalue weighted by molar-refractivity contribution is -0.106. The molecule has 2 N–H and O–H groups in total. The molecule has 7 heteroatoms. The van der Waals surface area contributed by atoms with Crippen LogP contribution in [-0.4, -0.2) is 57.2 Å². The molecule has 0 aromatic rings. The molecular weight excluding hydrogens is 302 g/mol. The molecule has 3 rings (SSSR count). The zero-order chi connectivity index (χ0) is 16.0. The van der Waals surface area contributed by atoms with Crippen molar-refractivity contribution in [2.45, 2.75) is 51.8 Å². The summed E-state index contributed by atoms with van der Waals surface area (Å²) in [5, 5.41) is 6.84. The summed E-state index contributed by atoms with van der Waals surface area (Å²) in [7, 11) is -2.88. The zero-order valence-electron chi connectivity index (χ0n) is 13.6. The summed E-state index contributed by atoms with van der Waals surface area (Å²) in [5.74, 6) is 1.76. The van der Waals surface area contributed by atoms with E-state index in [4.69, 9.17) is 4.74 Å². The maximum atomic E-state index is 11.6. The van der Waals surface area contributed by atoms with Gasteiger partial charge in [0, 0.05) is 36.6 Å². The summed E-state index contributed by atoms with van der Waals surface area (Å²) in [5.41, 5.74) is 0.0825. The van der Waals surface area contributed by atoms with Crippen LogP contribution in [0, 0.1) is 11.3 Å².